The molecule has 21 heavy (non-hydrogen) atoms. The fraction of sp³-hybridized carbons (Fsp3) is 0.375. The number of oxazole rings is 1. The minimum atomic E-state index is -0.0901. The average Bonchev–Trinajstić information content (AvgIpc) is 3.02. The molecule has 1 aliphatic carbocycles. The molecule has 3 N–H and O–H groups in total. The molecule has 1 amide bonds. The third-order valence-corrected chi connectivity index (χ3v) is 4.00. The van der Waals surface area contributed by atoms with Gasteiger partial charge in [0.1, 0.15) is 0 Å². The summed E-state index contributed by atoms with van der Waals surface area (Å²) in [6.07, 6.45) is 7.03. The van der Waals surface area contributed by atoms with Crippen molar-refractivity contribution in [2.24, 2.45) is 11.7 Å². The van der Waals surface area contributed by atoms with Gasteiger partial charge in [-0.25, -0.2) is 4.98 Å². The van der Waals surface area contributed by atoms with Crippen LogP contribution < -0.4 is 11.1 Å². The fourth-order valence-electron chi connectivity index (χ4n) is 2.83. The maximum absolute atomic E-state index is 12.3. The zero-order chi connectivity index (χ0) is 14.7. The van der Waals surface area contributed by atoms with Crippen LogP contribution in [0.4, 0.5) is 5.69 Å². The minimum Gasteiger partial charge on any atom is -0.444 e. The highest BCUT2D eigenvalue weighted by Gasteiger charge is 2.28. The van der Waals surface area contributed by atoms with Gasteiger partial charge in [0.25, 0.3) is 0 Å². The van der Waals surface area contributed by atoms with Crippen molar-refractivity contribution in [2.75, 3.05) is 5.32 Å². The topological polar surface area (TPSA) is 81.2 Å². The molecule has 0 saturated heterocycles. The van der Waals surface area contributed by atoms with Crippen LogP contribution in [0.2, 0.25) is 0 Å². The number of aromatic nitrogens is 1. The molecule has 3 rings (SSSR count). The van der Waals surface area contributed by atoms with E-state index in [1.54, 1.807) is 6.20 Å². The zero-order valence-electron chi connectivity index (χ0n) is 11.8. The number of hydrogen-bond donors (Lipinski definition) is 2. The Morgan fingerprint density at radius 1 is 1.33 bits per heavy atom. The van der Waals surface area contributed by atoms with Crippen LogP contribution in [0.25, 0.3) is 11.3 Å². The van der Waals surface area contributed by atoms with E-state index in [1.807, 2.05) is 24.3 Å². The first kappa shape index (κ1) is 13.8. The van der Waals surface area contributed by atoms with E-state index >= 15 is 0 Å². The maximum Gasteiger partial charge on any atom is 0.229 e. The molecule has 1 saturated carbocycles. The number of amides is 1. The summed E-state index contributed by atoms with van der Waals surface area (Å²) in [5.74, 6) is 0.602. The summed E-state index contributed by atoms with van der Waals surface area (Å²) < 4.78 is 5.27. The maximum atomic E-state index is 12.3. The summed E-state index contributed by atoms with van der Waals surface area (Å²) >= 11 is 0. The van der Waals surface area contributed by atoms with Gasteiger partial charge in [-0.1, -0.05) is 25.0 Å². The zero-order valence-corrected chi connectivity index (χ0v) is 11.8. The highest BCUT2D eigenvalue weighted by Crippen LogP contribution is 2.26. The molecular formula is C16H19N3O2. The van der Waals surface area contributed by atoms with E-state index in [4.69, 9.17) is 10.2 Å². The second kappa shape index (κ2) is 6.10. The highest BCUT2D eigenvalue weighted by atomic mass is 16.3. The Hall–Kier alpha value is -2.14. The predicted molar refractivity (Wildman–Crippen MR) is 80.5 cm³/mol. The van der Waals surface area contributed by atoms with Crippen molar-refractivity contribution < 1.29 is 9.21 Å². The lowest BCUT2D eigenvalue weighted by atomic mass is 9.84. The molecule has 0 radical (unpaired) electrons. The van der Waals surface area contributed by atoms with Gasteiger partial charge in [-0.3, -0.25) is 4.79 Å². The summed E-state index contributed by atoms with van der Waals surface area (Å²) in [6.45, 7) is 0. The number of nitrogens with zero attached hydrogens (tertiary/aromatic N) is 1. The molecule has 2 aromatic rings. The summed E-state index contributed by atoms with van der Waals surface area (Å²) in [5.41, 5.74) is 7.70. The lowest BCUT2D eigenvalue weighted by molar-refractivity contribution is -0.121. The Labute approximate surface area is 123 Å². The molecule has 1 heterocycles. The van der Waals surface area contributed by atoms with Crippen LogP contribution in [0, 0.1) is 5.92 Å². The van der Waals surface area contributed by atoms with Gasteiger partial charge in [-0.05, 0) is 25.0 Å². The molecule has 0 aliphatic heterocycles. The SMILES string of the molecule is NC1CCCCC1C(=O)Nc1cccc(-c2cnco2)c1. The third-order valence-electron chi connectivity index (χ3n) is 4.00. The standard InChI is InChI=1S/C16H19N3O2/c17-14-7-2-1-6-13(14)16(20)19-12-5-3-4-11(8-12)15-9-18-10-21-15/h3-5,8-10,13-14H,1-2,6-7,17H2,(H,19,20). The van der Waals surface area contributed by atoms with E-state index in [-0.39, 0.29) is 17.9 Å². The number of nitrogens with one attached hydrogen (secondary N) is 1. The lowest BCUT2D eigenvalue weighted by Crippen LogP contribution is -2.40. The number of rotatable bonds is 3. The first-order valence-electron chi connectivity index (χ1n) is 7.29. The van der Waals surface area contributed by atoms with Crippen molar-refractivity contribution in [3.05, 3.63) is 36.9 Å². The third kappa shape index (κ3) is 3.13. The van der Waals surface area contributed by atoms with Crippen molar-refractivity contribution in [3.63, 3.8) is 0 Å². The normalized spacial score (nSPS) is 22.0. The number of hydrogen-bond acceptors (Lipinski definition) is 4. The quantitative estimate of drug-likeness (QED) is 0.908. The first-order valence-corrected chi connectivity index (χ1v) is 7.29. The first-order chi connectivity index (χ1) is 10.2. The molecule has 1 aromatic heterocycles. The monoisotopic (exact) mass is 285 g/mol. The van der Waals surface area contributed by atoms with Crippen molar-refractivity contribution >= 4 is 11.6 Å². The van der Waals surface area contributed by atoms with Crippen LogP contribution >= 0.6 is 0 Å². The van der Waals surface area contributed by atoms with Gasteiger partial charge >= 0.3 is 0 Å². The largest absolute Gasteiger partial charge is 0.444 e. The number of carbonyl (C=O) groups is 1. The summed E-state index contributed by atoms with van der Waals surface area (Å²) in [6, 6.07) is 7.52. The van der Waals surface area contributed by atoms with Gasteiger partial charge in [-0.2, -0.15) is 0 Å². The van der Waals surface area contributed by atoms with Gasteiger partial charge in [-0.15, -0.1) is 0 Å². The van der Waals surface area contributed by atoms with E-state index in [0.29, 0.717) is 5.76 Å². The number of benzene rings is 1. The predicted octanol–water partition coefficient (Wildman–Crippen LogP) is 2.80. The minimum absolute atomic E-state index is 0.0110. The molecule has 2 unspecified atom stereocenters. The average molecular weight is 285 g/mol. The Kier molecular flexibility index (Phi) is 4.01. The molecule has 0 spiro atoms. The molecule has 110 valence electrons. The van der Waals surface area contributed by atoms with Crippen LogP contribution in [0.5, 0.6) is 0 Å². The van der Waals surface area contributed by atoms with Crippen LogP contribution in [-0.2, 0) is 4.79 Å². The van der Waals surface area contributed by atoms with Crippen molar-refractivity contribution in [2.45, 2.75) is 31.7 Å². The van der Waals surface area contributed by atoms with Gasteiger partial charge in [0, 0.05) is 17.3 Å². The van der Waals surface area contributed by atoms with Crippen molar-refractivity contribution in [1.29, 1.82) is 0 Å². The summed E-state index contributed by atoms with van der Waals surface area (Å²) in [5, 5.41) is 2.96. The van der Waals surface area contributed by atoms with Gasteiger partial charge in [0.15, 0.2) is 12.2 Å². The summed E-state index contributed by atoms with van der Waals surface area (Å²) in [4.78, 5) is 16.3. The number of carbonyl (C=O) groups excluding carboxylic acids is 1. The Morgan fingerprint density at radius 3 is 2.95 bits per heavy atom. The molecule has 0 bridgehead atoms. The van der Waals surface area contributed by atoms with Gasteiger partial charge in [0.2, 0.25) is 5.91 Å². The smallest absolute Gasteiger partial charge is 0.229 e. The summed E-state index contributed by atoms with van der Waals surface area (Å²) in [7, 11) is 0. The van der Waals surface area contributed by atoms with E-state index in [9.17, 15) is 4.79 Å². The molecule has 2 atom stereocenters. The van der Waals surface area contributed by atoms with E-state index in [0.717, 1.165) is 36.9 Å². The molecule has 5 nitrogen and oxygen atoms in total. The van der Waals surface area contributed by atoms with E-state index in [2.05, 4.69) is 10.3 Å². The van der Waals surface area contributed by atoms with Gasteiger partial charge < -0.3 is 15.5 Å². The molecule has 1 fully saturated rings. The van der Waals surface area contributed by atoms with Crippen molar-refractivity contribution in [3.8, 4) is 11.3 Å². The van der Waals surface area contributed by atoms with Gasteiger partial charge in [0.05, 0.1) is 12.1 Å². The fourth-order valence-corrected chi connectivity index (χ4v) is 2.83. The Bertz CT molecular complexity index is 610. The van der Waals surface area contributed by atoms with Crippen LogP contribution in [-0.4, -0.2) is 16.9 Å². The number of nitrogens with two attached hydrogens (primary N) is 1. The Morgan fingerprint density at radius 2 is 2.19 bits per heavy atom. The molecule has 1 aliphatic rings. The lowest BCUT2D eigenvalue weighted by Gasteiger charge is -2.27. The second-order valence-electron chi connectivity index (χ2n) is 5.49. The van der Waals surface area contributed by atoms with Crippen LogP contribution in [0.3, 0.4) is 0 Å². The second-order valence-corrected chi connectivity index (χ2v) is 5.49. The van der Waals surface area contributed by atoms with E-state index in [1.165, 1.54) is 6.39 Å². The van der Waals surface area contributed by atoms with E-state index < -0.39 is 0 Å². The van der Waals surface area contributed by atoms with Crippen LogP contribution in [0.1, 0.15) is 25.7 Å². The molecule has 1 aromatic carbocycles. The molecule has 5 heteroatoms. The highest BCUT2D eigenvalue weighted by molar-refractivity contribution is 5.93. The number of anilines is 1. The van der Waals surface area contributed by atoms with Crippen LogP contribution in [0.15, 0.2) is 41.3 Å². The van der Waals surface area contributed by atoms with Crippen molar-refractivity contribution in [1.82, 2.24) is 4.98 Å². The Balaban J connectivity index is 1.73. The molecular weight excluding hydrogens is 266 g/mol.